The van der Waals surface area contributed by atoms with Gasteiger partial charge in [0.2, 0.25) is 5.91 Å². The second-order valence-electron chi connectivity index (χ2n) is 4.70. The van der Waals surface area contributed by atoms with Crippen molar-refractivity contribution >= 4 is 23.6 Å². The molecule has 0 aliphatic rings. The summed E-state index contributed by atoms with van der Waals surface area (Å²) in [5.41, 5.74) is 0.553. The predicted molar refractivity (Wildman–Crippen MR) is 76.4 cm³/mol. The summed E-state index contributed by atoms with van der Waals surface area (Å²) in [6.45, 7) is 0. The lowest BCUT2D eigenvalue weighted by Crippen LogP contribution is -2.42. The Bertz CT molecular complexity index is 554. The normalized spacial score (nSPS) is 11.5. The summed E-state index contributed by atoms with van der Waals surface area (Å²) in [4.78, 5) is 44.7. The number of carboxylic acid groups (broad SMARTS) is 2. The molecule has 7 nitrogen and oxygen atoms in total. The third-order valence-electron chi connectivity index (χ3n) is 2.92. The van der Waals surface area contributed by atoms with Crippen molar-refractivity contribution in [2.45, 2.75) is 31.7 Å². The van der Waals surface area contributed by atoms with Crippen molar-refractivity contribution < 1.29 is 29.4 Å². The lowest BCUT2D eigenvalue weighted by Gasteiger charge is -2.12. The molecule has 1 rings (SSSR count). The van der Waals surface area contributed by atoms with E-state index in [1.807, 2.05) is 0 Å². The van der Waals surface area contributed by atoms with Crippen LogP contribution in [0.25, 0.3) is 0 Å². The first-order valence-corrected chi connectivity index (χ1v) is 6.72. The number of aliphatic carboxylic acids is 2. The van der Waals surface area contributed by atoms with E-state index in [9.17, 15) is 19.2 Å². The van der Waals surface area contributed by atoms with Crippen molar-refractivity contribution in [3.05, 3.63) is 35.9 Å². The van der Waals surface area contributed by atoms with Crippen LogP contribution in [0.3, 0.4) is 0 Å². The van der Waals surface area contributed by atoms with Crippen LogP contribution in [0.2, 0.25) is 0 Å². The molecule has 0 fully saturated rings. The number of amides is 1. The molecule has 0 spiro atoms. The Morgan fingerprint density at radius 2 is 1.64 bits per heavy atom. The van der Waals surface area contributed by atoms with Gasteiger partial charge >= 0.3 is 11.9 Å². The molecular formula is C15H17NO6. The fraction of sp³-hybridized carbons (Fsp3) is 0.333. The maximum Gasteiger partial charge on any atom is 0.326 e. The Labute approximate surface area is 127 Å². The first-order valence-electron chi connectivity index (χ1n) is 6.72. The molecule has 1 amide bonds. The molecule has 1 atom stereocenters. The third kappa shape index (κ3) is 6.17. The number of carboxylic acids is 2. The highest BCUT2D eigenvalue weighted by molar-refractivity contribution is 5.96. The maximum absolute atomic E-state index is 11.8. The first-order chi connectivity index (χ1) is 10.4. The van der Waals surface area contributed by atoms with E-state index in [-0.39, 0.29) is 25.0 Å². The van der Waals surface area contributed by atoms with Crippen molar-refractivity contribution in [2.75, 3.05) is 0 Å². The summed E-state index contributed by atoms with van der Waals surface area (Å²) in [5, 5.41) is 19.5. The molecule has 118 valence electrons. The van der Waals surface area contributed by atoms with Gasteiger partial charge in [0.25, 0.3) is 0 Å². The van der Waals surface area contributed by atoms with Crippen LogP contribution in [0.4, 0.5) is 0 Å². The number of nitrogens with one attached hydrogen (secondary N) is 1. The fourth-order valence-electron chi connectivity index (χ4n) is 1.82. The number of ketones is 1. The van der Waals surface area contributed by atoms with Crippen LogP contribution in [0, 0.1) is 0 Å². The van der Waals surface area contributed by atoms with Gasteiger partial charge in [-0.3, -0.25) is 14.4 Å². The van der Waals surface area contributed by atoms with Gasteiger partial charge in [-0.05, 0) is 6.42 Å². The first kappa shape index (κ1) is 17.4. The molecule has 3 N–H and O–H groups in total. The summed E-state index contributed by atoms with van der Waals surface area (Å²) in [7, 11) is 0. The summed E-state index contributed by atoms with van der Waals surface area (Å²) in [6.07, 6.45) is -0.306. The molecule has 0 aliphatic carbocycles. The van der Waals surface area contributed by atoms with Crippen LogP contribution in [-0.4, -0.2) is 39.9 Å². The van der Waals surface area contributed by atoms with Gasteiger partial charge in [0.1, 0.15) is 6.04 Å². The zero-order valence-electron chi connectivity index (χ0n) is 11.8. The van der Waals surface area contributed by atoms with Crippen LogP contribution in [0.5, 0.6) is 0 Å². The highest BCUT2D eigenvalue weighted by Crippen LogP contribution is 2.07. The number of rotatable bonds is 9. The lowest BCUT2D eigenvalue weighted by molar-refractivity contribution is -0.147. The summed E-state index contributed by atoms with van der Waals surface area (Å²) in [5.74, 6) is -3.41. The minimum absolute atomic E-state index is 0.0397. The van der Waals surface area contributed by atoms with Gasteiger partial charge in [-0.1, -0.05) is 30.3 Å². The lowest BCUT2D eigenvalue weighted by atomic mass is 10.1. The molecule has 0 saturated heterocycles. The highest BCUT2D eigenvalue weighted by Gasteiger charge is 2.22. The second kappa shape index (κ2) is 8.56. The Morgan fingerprint density at radius 1 is 1.00 bits per heavy atom. The van der Waals surface area contributed by atoms with Crippen molar-refractivity contribution in [1.29, 1.82) is 0 Å². The quantitative estimate of drug-likeness (QED) is 0.587. The van der Waals surface area contributed by atoms with Gasteiger partial charge in [0, 0.05) is 18.4 Å². The SMILES string of the molecule is O=C(O)CC(NC(=O)CCCC(=O)c1ccccc1)C(=O)O. The molecule has 0 radical (unpaired) electrons. The molecular weight excluding hydrogens is 290 g/mol. The van der Waals surface area contributed by atoms with E-state index >= 15 is 0 Å². The zero-order valence-corrected chi connectivity index (χ0v) is 11.8. The van der Waals surface area contributed by atoms with Crippen LogP contribution in [0.1, 0.15) is 36.0 Å². The molecule has 0 aliphatic heterocycles. The van der Waals surface area contributed by atoms with E-state index in [2.05, 4.69) is 5.32 Å². The number of hydrogen-bond donors (Lipinski definition) is 3. The Balaban J connectivity index is 2.38. The summed E-state index contributed by atoms with van der Waals surface area (Å²) in [6, 6.07) is 7.16. The molecule has 1 unspecified atom stereocenters. The summed E-state index contributed by atoms with van der Waals surface area (Å²) < 4.78 is 0. The average Bonchev–Trinajstić information content (AvgIpc) is 2.46. The van der Waals surface area contributed by atoms with Crippen LogP contribution < -0.4 is 5.32 Å². The zero-order chi connectivity index (χ0) is 16.5. The molecule has 0 bridgehead atoms. The van der Waals surface area contributed by atoms with Crippen molar-refractivity contribution in [3.63, 3.8) is 0 Å². The second-order valence-corrected chi connectivity index (χ2v) is 4.70. The van der Waals surface area contributed by atoms with Crippen molar-refractivity contribution in [3.8, 4) is 0 Å². The molecule has 0 aromatic heterocycles. The Hall–Kier alpha value is -2.70. The van der Waals surface area contributed by atoms with E-state index in [1.54, 1.807) is 30.3 Å². The number of Topliss-reactive ketones (excluding diaryl/α,β-unsaturated/α-hetero) is 1. The Morgan fingerprint density at radius 3 is 2.18 bits per heavy atom. The highest BCUT2D eigenvalue weighted by atomic mass is 16.4. The van der Waals surface area contributed by atoms with E-state index in [4.69, 9.17) is 10.2 Å². The minimum atomic E-state index is -1.46. The molecule has 22 heavy (non-hydrogen) atoms. The predicted octanol–water partition coefficient (Wildman–Crippen LogP) is 1.08. The van der Waals surface area contributed by atoms with E-state index in [0.717, 1.165) is 0 Å². The molecule has 0 saturated carbocycles. The number of hydrogen-bond acceptors (Lipinski definition) is 4. The van der Waals surface area contributed by atoms with Gasteiger partial charge in [0.15, 0.2) is 5.78 Å². The molecule has 0 heterocycles. The largest absolute Gasteiger partial charge is 0.481 e. The van der Waals surface area contributed by atoms with Crippen molar-refractivity contribution in [1.82, 2.24) is 5.32 Å². The van der Waals surface area contributed by atoms with Crippen molar-refractivity contribution in [2.24, 2.45) is 0 Å². The van der Waals surface area contributed by atoms with Gasteiger partial charge in [0.05, 0.1) is 6.42 Å². The van der Waals surface area contributed by atoms with Gasteiger partial charge < -0.3 is 15.5 Å². The monoisotopic (exact) mass is 307 g/mol. The fourth-order valence-corrected chi connectivity index (χ4v) is 1.82. The molecule has 1 aromatic carbocycles. The maximum atomic E-state index is 11.8. The third-order valence-corrected chi connectivity index (χ3v) is 2.92. The minimum Gasteiger partial charge on any atom is -0.481 e. The van der Waals surface area contributed by atoms with E-state index < -0.39 is 30.3 Å². The van der Waals surface area contributed by atoms with Crippen LogP contribution in [-0.2, 0) is 14.4 Å². The van der Waals surface area contributed by atoms with Gasteiger partial charge in [-0.15, -0.1) is 0 Å². The number of carbonyl (C=O) groups excluding carboxylic acids is 2. The van der Waals surface area contributed by atoms with E-state index in [1.165, 1.54) is 0 Å². The van der Waals surface area contributed by atoms with Gasteiger partial charge in [-0.2, -0.15) is 0 Å². The topological polar surface area (TPSA) is 121 Å². The molecule has 7 heteroatoms. The van der Waals surface area contributed by atoms with Crippen LogP contribution >= 0.6 is 0 Å². The van der Waals surface area contributed by atoms with Gasteiger partial charge in [-0.25, -0.2) is 4.79 Å². The van der Waals surface area contributed by atoms with E-state index in [0.29, 0.717) is 5.56 Å². The standard InChI is InChI=1S/C15H17NO6/c17-12(10-5-2-1-3-6-10)7-4-8-13(18)16-11(15(21)22)9-14(19)20/h1-3,5-6,11H,4,7-9H2,(H,16,18)(H,19,20)(H,21,22). The number of carbonyl (C=O) groups is 4. The smallest absolute Gasteiger partial charge is 0.326 e. The average molecular weight is 307 g/mol. The number of benzene rings is 1. The van der Waals surface area contributed by atoms with Crippen LogP contribution in [0.15, 0.2) is 30.3 Å². The Kier molecular flexibility index (Phi) is 6.75. The summed E-state index contributed by atoms with van der Waals surface area (Å²) >= 11 is 0. The molecule has 1 aromatic rings.